The molecule has 0 radical (unpaired) electrons. The molecule has 84 valence electrons. The van der Waals surface area contributed by atoms with Gasteiger partial charge in [0.05, 0.1) is 6.10 Å². The normalized spacial score (nSPS) is 30.2. The summed E-state index contributed by atoms with van der Waals surface area (Å²) < 4.78 is 5.74. The van der Waals surface area contributed by atoms with Gasteiger partial charge in [0.1, 0.15) is 0 Å². The highest BCUT2D eigenvalue weighted by Crippen LogP contribution is 2.28. The van der Waals surface area contributed by atoms with E-state index in [0.717, 1.165) is 18.9 Å². The summed E-state index contributed by atoms with van der Waals surface area (Å²) in [5.41, 5.74) is 0. The number of hydrogen-bond acceptors (Lipinski definition) is 2. The number of aliphatic hydroxyl groups excluding tert-OH is 1. The molecule has 0 aromatic heterocycles. The highest BCUT2D eigenvalue weighted by molar-refractivity contribution is 4.71. The van der Waals surface area contributed by atoms with Gasteiger partial charge in [-0.3, -0.25) is 0 Å². The fourth-order valence-corrected chi connectivity index (χ4v) is 2.00. The third kappa shape index (κ3) is 3.97. The SMILES string of the molecule is CCC(C)OCC1CCC(CO)CC1. The van der Waals surface area contributed by atoms with Crippen LogP contribution in [0.5, 0.6) is 0 Å². The van der Waals surface area contributed by atoms with Crippen LogP contribution in [0, 0.1) is 11.8 Å². The molecule has 0 heterocycles. The molecule has 1 aliphatic rings. The van der Waals surface area contributed by atoms with Crippen LogP contribution in [0.25, 0.3) is 0 Å². The first-order chi connectivity index (χ1) is 6.76. The van der Waals surface area contributed by atoms with Crippen LogP contribution in [0.1, 0.15) is 46.0 Å². The van der Waals surface area contributed by atoms with Gasteiger partial charge in [0.15, 0.2) is 0 Å². The Bertz CT molecular complexity index is 139. The first kappa shape index (κ1) is 12.0. The maximum atomic E-state index is 9.00. The van der Waals surface area contributed by atoms with E-state index in [2.05, 4.69) is 13.8 Å². The molecule has 1 fully saturated rings. The minimum atomic E-state index is 0.374. The van der Waals surface area contributed by atoms with Gasteiger partial charge in [-0.1, -0.05) is 6.92 Å². The lowest BCUT2D eigenvalue weighted by molar-refractivity contribution is 0.0219. The Kier molecular flexibility index (Phi) is 5.49. The number of rotatable bonds is 5. The average Bonchev–Trinajstić information content (AvgIpc) is 2.26. The predicted molar refractivity (Wildman–Crippen MR) is 58.2 cm³/mol. The summed E-state index contributed by atoms with van der Waals surface area (Å²) in [5.74, 6) is 1.31. The summed E-state index contributed by atoms with van der Waals surface area (Å²) >= 11 is 0. The van der Waals surface area contributed by atoms with E-state index in [-0.39, 0.29) is 0 Å². The van der Waals surface area contributed by atoms with Crippen molar-refractivity contribution in [3.63, 3.8) is 0 Å². The Balaban J connectivity index is 2.10. The Morgan fingerprint density at radius 3 is 2.29 bits per heavy atom. The molecule has 1 saturated carbocycles. The van der Waals surface area contributed by atoms with Crippen LogP contribution in [0.4, 0.5) is 0 Å². The molecule has 0 bridgehead atoms. The zero-order valence-corrected chi connectivity index (χ0v) is 9.54. The maximum absolute atomic E-state index is 9.00. The standard InChI is InChI=1S/C12H24O2/c1-3-10(2)14-9-12-6-4-11(8-13)5-7-12/h10-13H,3-9H2,1-2H3. The Labute approximate surface area is 87.7 Å². The topological polar surface area (TPSA) is 29.5 Å². The minimum Gasteiger partial charge on any atom is -0.396 e. The van der Waals surface area contributed by atoms with Crippen LogP contribution in [0.3, 0.4) is 0 Å². The van der Waals surface area contributed by atoms with Crippen molar-refractivity contribution in [3.05, 3.63) is 0 Å². The summed E-state index contributed by atoms with van der Waals surface area (Å²) in [7, 11) is 0. The van der Waals surface area contributed by atoms with Crippen LogP contribution in [-0.4, -0.2) is 24.4 Å². The van der Waals surface area contributed by atoms with E-state index in [1.165, 1.54) is 25.7 Å². The van der Waals surface area contributed by atoms with E-state index in [4.69, 9.17) is 9.84 Å². The zero-order valence-electron chi connectivity index (χ0n) is 9.54. The van der Waals surface area contributed by atoms with E-state index in [1.54, 1.807) is 0 Å². The Morgan fingerprint density at radius 2 is 1.79 bits per heavy atom. The highest BCUT2D eigenvalue weighted by Gasteiger charge is 2.20. The van der Waals surface area contributed by atoms with Crippen molar-refractivity contribution in [2.45, 2.75) is 52.1 Å². The molecule has 0 aliphatic heterocycles. The predicted octanol–water partition coefficient (Wildman–Crippen LogP) is 2.60. The molecule has 0 aromatic carbocycles. The largest absolute Gasteiger partial charge is 0.396 e. The third-order valence-electron chi connectivity index (χ3n) is 3.42. The van der Waals surface area contributed by atoms with Crippen molar-refractivity contribution < 1.29 is 9.84 Å². The number of ether oxygens (including phenoxy) is 1. The van der Waals surface area contributed by atoms with Gasteiger partial charge in [0.2, 0.25) is 0 Å². The van der Waals surface area contributed by atoms with Crippen molar-refractivity contribution in [1.82, 2.24) is 0 Å². The molecule has 14 heavy (non-hydrogen) atoms. The van der Waals surface area contributed by atoms with Gasteiger partial charge in [-0.15, -0.1) is 0 Å². The summed E-state index contributed by atoms with van der Waals surface area (Å²) in [5, 5.41) is 9.00. The molecule has 2 nitrogen and oxygen atoms in total. The van der Waals surface area contributed by atoms with Crippen LogP contribution in [0.2, 0.25) is 0 Å². The average molecular weight is 200 g/mol. The lowest BCUT2D eigenvalue weighted by atomic mass is 9.83. The number of hydrogen-bond donors (Lipinski definition) is 1. The quantitative estimate of drug-likeness (QED) is 0.739. The van der Waals surface area contributed by atoms with Gasteiger partial charge < -0.3 is 9.84 Å². The molecule has 2 heteroatoms. The Morgan fingerprint density at radius 1 is 1.21 bits per heavy atom. The van der Waals surface area contributed by atoms with Crippen molar-refractivity contribution in [2.24, 2.45) is 11.8 Å². The molecule has 1 aliphatic carbocycles. The van der Waals surface area contributed by atoms with Gasteiger partial charge >= 0.3 is 0 Å². The van der Waals surface area contributed by atoms with Gasteiger partial charge in [-0.25, -0.2) is 0 Å². The maximum Gasteiger partial charge on any atom is 0.0544 e. The molecule has 1 rings (SSSR count). The van der Waals surface area contributed by atoms with E-state index in [1.807, 2.05) is 0 Å². The summed E-state index contributed by atoms with van der Waals surface area (Å²) in [6, 6.07) is 0. The third-order valence-corrected chi connectivity index (χ3v) is 3.42. The molecule has 1 N–H and O–H groups in total. The lowest BCUT2D eigenvalue weighted by Crippen LogP contribution is -2.22. The highest BCUT2D eigenvalue weighted by atomic mass is 16.5. The second-order valence-corrected chi connectivity index (χ2v) is 4.62. The van der Waals surface area contributed by atoms with E-state index < -0.39 is 0 Å². The molecule has 0 aromatic rings. The second kappa shape index (κ2) is 6.41. The molecule has 0 amide bonds. The van der Waals surface area contributed by atoms with Crippen LogP contribution in [-0.2, 0) is 4.74 Å². The van der Waals surface area contributed by atoms with Gasteiger partial charge in [0.25, 0.3) is 0 Å². The van der Waals surface area contributed by atoms with Crippen molar-refractivity contribution in [3.8, 4) is 0 Å². The molecule has 1 atom stereocenters. The van der Waals surface area contributed by atoms with Crippen molar-refractivity contribution in [2.75, 3.05) is 13.2 Å². The van der Waals surface area contributed by atoms with Crippen LogP contribution in [0.15, 0.2) is 0 Å². The smallest absolute Gasteiger partial charge is 0.0544 e. The first-order valence-electron chi connectivity index (χ1n) is 5.98. The van der Waals surface area contributed by atoms with E-state index >= 15 is 0 Å². The minimum absolute atomic E-state index is 0.374. The Hall–Kier alpha value is -0.0800. The van der Waals surface area contributed by atoms with Crippen molar-refractivity contribution in [1.29, 1.82) is 0 Å². The van der Waals surface area contributed by atoms with Crippen LogP contribution < -0.4 is 0 Å². The fraction of sp³-hybridized carbons (Fsp3) is 1.00. The summed E-state index contributed by atoms with van der Waals surface area (Å²) in [4.78, 5) is 0. The second-order valence-electron chi connectivity index (χ2n) is 4.62. The monoisotopic (exact) mass is 200 g/mol. The first-order valence-corrected chi connectivity index (χ1v) is 5.98. The molecular formula is C12H24O2. The fourth-order valence-electron chi connectivity index (χ4n) is 2.00. The molecule has 1 unspecified atom stereocenters. The van der Waals surface area contributed by atoms with E-state index in [9.17, 15) is 0 Å². The van der Waals surface area contributed by atoms with Crippen LogP contribution >= 0.6 is 0 Å². The summed E-state index contributed by atoms with van der Waals surface area (Å²) in [6.07, 6.45) is 6.36. The molecule has 0 saturated heterocycles. The lowest BCUT2D eigenvalue weighted by Gasteiger charge is -2.27. The number of aliphatic hydroxyl groups is 1. The van der Waals surface area contributed by atoms with Gasteiger partial charge in [0, 0.05) is 13.2 Å². The van der Waals surface area contributed by atoms with Gasteiger partial charge in [-0.05, 0) is 50.9 Å². The molecule has 0 spiro atoms. The van der Waals surface area contributed by atoms with E-state index in [0.29, 0.717) is 18.6 Å². The van der Waals surface area contributed by atoms with Gasteiger partial charge in [-0.2, -0.15) is 0 Å². The summed E-state index contributed by atoms with van der Waals surface area (Å²) in [6.45, 7) is 5.60. The van der Waals surface area contributed by atoms with Crippen molar-refractivity contribution >= 4 is 0 Å². The molecular weight excluding hydrogens is 176 g/mol. The zero-order chi connectivity index (χ0) is 10.4.